The van der Waals surface area contributed by atoms with Crippen LogP contribution in [0.1, 0.15) is 60.4 Å². The van der Waals surface area contributed by atoms with Gasteiger partial charge in [-0.3, -0.25) is 9.48 Å². The lowest BCUT2D eigenvalue weighted by Crippen LogP contribution is -2.39. The highest BCUT2D eigenvalue weighted by molar-refractivity contribution is 6.30. The first-order chi connectivity index (χ1) is 12.9. The van der Waals surface area contributed by atoms with Crippen molar-refractivity contribution in [1.29, 1.82) is 0 Å². The van der Waals surface area contributed by atoms with Gasteiger partial charge in [-0.1, -0.05) is 30.6 Å². The minimum atomic E-state index is 0.00699. The van der Waals surface area contributed by atoms with Crippen LogP contribution in [-0.2, 0) is 0 Å². The first kappa shape index (κ1) is 18.0. The Hall–Kier alpha value is -2.41. The van der Waals surface area contributed by atoms with Crippen LogP contribution in [0.15, 0.2) is 23.0 Å². The minimum Gasteiger partial charge on any atom is -0.338 e. The topological polar surface area (TPSA) is 77.0 Å². The Bertz CT molecular complexity index is 985. The second-order valence-electron chi connectivity index (χ2n) is 7.36. The smallest absolute Gasteiger partial charge is 0.259 e. The average molecular weight is 388 g/mol. The number of aryl methyl sites for hydroxylation is 1. The number of piperidine rings is 1. The Kier molecular flexibility index (Phi) is 4.63. The molecule has 142 valence electrons. The summed E-state index contributed by atoms with van der Waals surface area (Å²) in [4.78, 5) is 19.7. The molecule has 1 amide bonds. The fourth-order valence-electron chi connectivity index (χ4n) is 3.60. The molecule has 0 unspecified atom stereocenters. The third-order valence-electron chi connectivity index (χ3n) is 5.15. The lowest BCUT2D eigenvalue weighted by atomic mass is 10.0. The van der Waals surface area contributed by atoms with Gasteiger partial charge < -0.3 is 9.42 Å². The number of halogens is 1. The maximum Gasteiger partial charge on any atom is 0.259 e. The lowest BCUT2D eigenvalue weighted by Gasteiger charge is -2.32. The van der Waals surface area contributed by atoms with Gasteiger partial charge in [0.05, 0.1) is 33.9 Å². The van der Waals surface area contributed by atoms with Crippen LogP contribution < -0.4 is 0 Å². The standard InChI is InChI=1S/C19H22ClN5O2/c1-11(2)16-8-15(17-12(3)23-27-18(17)22-16)19(26)24-6-4-14(5-7-24)25-10-13(20)9-21-25/h8-11,14H,4-7H2,1-3H3. The molecule has 3 aromatic heterocycles. The molecule has 0 bridgehead atoms. The summed E-state index contributed by atoms with van der Waals surface area (Å²) in [6.45, 7) is 7.28. The van der Waals surface area contributed by atoms with Crippen LogP contribution >= 0.6 is 11.6 Å². The fourth-order valence-corrected chi connectivity index (χ4v) is 3.74. The second kappa shape index (κ2) is 6.96. The monoisotopic (exact) mass is 387 g/mol. The van der Waals surface area contributed by atoms with Crippen molar-refractivity contribution >= 4 is 28.6 Å². The molecule has 1 fully saturated rings. The Morgan fingerprint density at radius 2 is 2.07 bits per heavy atom. The molecular formula is C19H22ClN5O2. The largest absolute Gasteiger partial charge is 0.338 e. The number of hydrogen-bond donors (Lipinski definition) is 0. The molecule has 4 heterocycles. The van der Waals surface area contributed by atoms with E-state index in [1.807, 2.05) is 42.6 Å². The van der Waals surface area contributed by atoms with E-state index < -0.39 is 0 Å². The van der Waals surface area contributed by atoms with E-state index in [4.69, 9.17) is 16.1 Å². The van der Waals surface area contributed by atoms with Crippen LogP contribution in [0.4, 0.5) is 0 Å². The maximum atomic E-state index is 13.3. The zero-order chi connectivity index (χ0) is 19.1. The third kappa shape index (κ3) is 3.32. The first-order valence-corrected chi connectivity index (χ1v) is 9.57. The number of fused-ring (bicyclic) bond motifs is 1. The van der Waals surface area contributed by atoms with E-state index in [2.05, 4.69) is 15.2 Å². The molecular weight excluding hydrogens is 366 g/mol. The summed E-state index contributed by atoms with van der Waals surface area (Å²) < 4.78 is 7.24. The van der Waals surface area contributed by atoms with Crippen molar-refractivity contribution in [3.05, 3.63) is 40.4 Å². The molecule has 3 aromatic rings. The van der Waals surface area contributed by atoms with Crippen molar-refractivity contribution < 1.29 is 9.32 Å². The molecule has 1 saturated heterocycles. The zero-order valence-corrected chi connectivity index (χ0v) is 16.4. The fraction of sp³-hybridized carbons (Fsp3) is 0.474. The van der Waals surface area contributed by atoms with Gasteiger partial charge in [0.25, 0.3) is 11.6 Å². The molecule has 0 aromatic carbocycles. The molecule has 27 heavy (non-hydrogen) atoms. The molecule has 0 radical (unpaired) electrons. The quantitative estimate of drug-likeness (QED) is 0.679. The van der Waals surface area contributed by atoms with Gasteiger partial charge in [0.1, 0.15) is 0 Å². The number of likely N-dealkylation sites (tertiary alicyclic amines) is 1. The van der Waals surface area contributed by atoms with E-state index in [1.165, 1.54) is 0 Å². The zero-order valence-electron chi connectivity index (χ0n) is 15.6. The van der Waals surface area contributed by atoms with Gasteiger partial charge in [-0.2, -0.15) is 5.10 Å². The molecule has 7 nitrogen and oxygen atoms in total. The Morgan fingerprint density at radius 1 is 1.33 bits per heavy atom. The summed E-state index contributed by atoms with van der Waals surface area (Å²) >= 11 is 5.97. The molecule has 0 aliphatic carbocycles. The van der Waals surface area contributed by atoms with Crippen molar-refractivity contribution in [3.8, 4) is 0 Å². The summed E-state index contributed by atoms with van der Waals surface area (Å²) in [5.41, 5.74) is 2.59. The average Bonchev–Trinajstić information content (AvgIpc) is 3.26. The van der Waals surface area contributed by atoms with Crippen LogP contribution in [0.2, 0.25) is 5.02 Å². The van der Waals surface area contributed by atoms with Gasteiger partial charge in [-0.25, -0.2) is 4.98 Å². The predicted molar refractivity (Wildman–Crippen MR) is 102 cm³/mol. The number of nitrogens with zero attached hydrogens (tertiary/aromatic N) is 5. The lowest BCUT2D eigenvalue weighted by molar-refractivity contribution is 0.0691. The number of aromatic nitrogens is 4. The van der Waals surface area contributed by atoms with Gasteiger partial charge in [-0.05, 0) is 31.7 Å². The number of rotatable bonds is 3. The van der Waals surface area contributed by atoms with Crippen molar-refractivity contribution in [3.63, 3.8) is 0 Å². The number of pyridine rings is 1. The second-order valence-corrected chi connectivity index (χ2v) is 7.80. The molecule has 8 heteroatoms. The van der Waals surface area contributed by atoms with Crippen LogP contribution in [0, 0.1) is 6.92 Å². The Balaban J connectivity index is 1.59. The molecule has 0 saturated carbocycles. The highest BCUT2D eigenvalue weighted by atomic mass is 35.5. The highest BCUT2D eigenvalue weighted by Gasteiger charge is 2.28. The molecule has 1 aliphatic heterocycles. The van der Waals surface area contributed by atoms with Crippen molar-refractivity contribution in [2.45, 2.75) is 45.6 Å². The summed E-state index contributed by atoms with van der Waals surface area (Å²) in [7, 11) is 0. The minimum absolute atomic E-state index is 0.00699. The number of carbonyl (C=O) groups excluding carboxylic acids is 1. The van der Waals surface area contributed by atoms with Gasteiger partial charge in [-0.15, -0.1) is 0 Å². The Morgan fingerprint density at radius 3 is 2.70 bits per heavy atom. The normalized spacial score (nSPS) is 15.8. The molecule has 0 spiro atoms. The molecule has 0 atom stereocenters. The molecule has 4 rings (SSSR count). The summed E-state index contributed by atoms with van der Waals surface area (Å²) in [5, 5.41) is 9.65. The van der Waals surface area contributed by atoms with Gasteiger partial charge in [0.2, 0.25) is 0 Å². The number of carbonyl (C=O) groups is 1. The van der Waals surface area contributed by atoms with Crippen LogP contribution in [0.3, 0.4) is 0 Å². The van der Waals surface area contributed by atoms with Crippen molar-refractivity contribution in [1.82, 2.24) is 24.8 Å². The number of amides is 1. The van der Waals surface area contributed by atoms with Crippen molar-refractivity contribution in [2.75, 3.05) is 13.1 Å². The maximum absolute atomic E-state index is 13.3. The molecule has 0 N–H and O–H groups in total. The molecule has 1 aliphatic rings. The summed E-state index contributed by atoms with van der Waals surface area (Å²) in [6, 6.07) is 2.15. The van der Waals surface area contributed by atoms with E-state index >= 15 is 0 Å². The summed E-state index contributed by atoms with van der Waals surface area (Å²) in [6.07, 6.45) is 5.18. The predicted octanol–water partition coefficient (Wildman–Crippen LogP) is 3.98. The van der Waals surface area contributed by atoms with E-state index in [9.17, 15) is 4.79 Å². The highest BCUT2D eigenvalue weighted by Crippen LogP contribution is 2.29. The first-order valence-electron chi connectivity index (χ1n) is 9.20. The Labute approximate surface area is 162 Å². The van der Waals surface area contributed by atoms with Crippen molar-refractivity contribution in [2.24, 2.45) is 0 Å². The number of hydrogen-bond acceptors (Lipinski definition) is 5. The summed E-state index contributed by atoms with van der Waals surface area (Å²) in [5.74, 6) is 0.203. The van der Waals surface area contributed by atoms with Gasteiger partial charge in [0.15, 0.2) is 0 Å². The van der Waals surface area contributed by atoms with Gasteiger partial charge in [0, 0.05) is 25.0 Å². The van der Waals surface area contributed by atoms with E-state index in [0.717, 1.165) is 18.5 Å². The third-order valence-corrected chi connectivity index (χ3v) is 5.35. The van der Waals surface area contributed by atoms with Crippen LogP contribution in [-0.4, -0.2) is 43.8 Å². The van der Waals surface area contributed by atoms with E-state index in [1.54, 1.807) is 6.20 Å². The van der Waals surface area contributed by atoms with Crippen LogP contribution in [0.25, 0.3) is 11.1 Å². The van der Waals surface area contributed by atoms with Crippen LogP contribution in [0.5, 0.6) is 0 Å². The SMILES string of the molecule is Cc1noc2nc(C(C)C)cc(C(=O)N3CCC(n4cc(Cl)cn4)CC3)c12. The van der Waals surface area contributed by atoms with E-state index in [0.29, 0.717) is 40.5 Å². The van der Waals surface area contributed by atoms with E-state index in [-0.39, 0.29) is 17.9 Å². The van der Waals surface area contributed by atoms with Gasteiger partial charge >= 0.3 is 0 Å².